The molecule has 2 aliphatic heterocycles. The molecular weight excluding hydrogens is 542 g/mol. The lowest BCUT2D eigenvalue weighted by Gasteiger charge is -2.49. The molecule has 2 aromatic rings. The molecule has 2 atom stereocenters. The summed E-state index contributed by atoms with van der Waals surface area (Å²) in [6.45, 7) is 2.06. The van der Waals surface area contributed by atoms with E-state index in [0.717, 1.165) is 40.9 Å². The minimum absolute atomic E-state index is 0.114. The maximum atomic E-state index is 12.9. The number of aromatic nitrogens is 4. The van der Waals surface area contributed by atoms with Gasteiger partial charge < -0.3 is 10.4 Å². The number of aromatic amines is 1. The van der Waals surface area contributed by atoms with Gasteiger partial charge in [-0.3, -0.25) is 39.3 Å². The van der Waals surface area contributed by atoms with Crippen molar-refractivity contribution in [2.24, 2.45) is 7.05 Å². The number of thiazole rings is 1. The Morgan fingerprint density at radius 3 is 2.78 bits per heavy atom. The first-order valence-electron chi connectivity index (χ1n) is 11.2. The standard InChI is InChI=1S/C21H23N7O6S3/c1-3-4-5-11-23-10(8-35-11)12(22)15(29)24-13-18(32)28-14(20(33)34)9(6-36-19(13)28)7-37-21-25-16(30)17(31)26-27(21)2/h8,13,19,22H,3-7H2,1-2H3,(H,24,29)(H,26,31)(H,33,34)/t13-,19?/m1/s1. The van der Waals surface area contributed by atoms with Crippen LogP contribution in [0.2, 0.25) is 0 Å². The molecule has 1 fully saturated rings. The summed E-state index contributed by atoms with van der Waals surface area (Å²) in [5.41, 5.74) is -1.68. The van der Waals surface area contributed by atoms with Crippen molar-refractivity contribution in [2.75, 3.05) is 11.5 Å². The van der Waals surface area contributed by atoms with E-state index in [1.165, 1.54) is 34.8 Å². The fraction of sp³-hybridized carbons (Fsp3) is 0.429. The molecule has 1 saturated heterocycles. The van der Waals surface area contributed by atoms with Crippen LogP contribution in [0.1, 0.15) is 30.5 Å². The third-order valence-electron chi connectivity index (χ3n) is 5.64. The molecule has 2 aliphatic rings. The number of rotatable bonds is 10. The average molecular weight is 566 g/mol. The van der Waals surface area contributed by atoms with Gasteiger partial charge in [-0.2, -0.15) is 4.98 Å². The van der Waals surface area contributed by atoms with Crippen molar-refractivity contribution in [3.63, 3.8) is 0 Å². The summed E-state index contributed by atoms with van der Waals surface area (Å²) < 4.78 is 1.26. The summed E-state index contributed by atoms with van der Waals surface area (Å²) >= 11 is 3.71. The van der Waals surface area contributed by atoms with Crippen molar-refractivity contribution in [2.45, 2.75) is 42.8 Å². The molecule has 4 N–H and O–H groups in total. The Morgan fingerprint density at radius 2 is 2.08 bits per heavy atom. The summed E-state index contributed by atoms with van der Waals surface area (Å²) in [5, 5.41) is 24.9. The van der Waals surface area contributed by atoms with Crippen LogP contribution >= 0.6 is 34.9 Å². The number of β-lactam (4-membered cyclic amide) rings is 1. The fourth-order valence-electron chi connectivity index (χ4n) is 3.73. The number of hydrogen-bond donors (Lipinski definition) is 4. The van der Waals surface area contributed by atoms with Crippen molar-refractivity contribution in [1.82, 2.24) is 30.0 Å². The second-order valence-electron chi connectivity index (χ2n) is 8.21. The van der Waals surface area contributed by atoms with Crippen LogP contribution in [0.15, 0.2) is 31.4 Å². The molecule has 4 heterocycles. The molecular formula is C21H23N7O6S3. The normalized spacial score (nSPS) is 18.9. The number of nitrogens with zero attached hydrogens (tertiary/aromatic N) is 4. The second kappa shape index (κ2) is 11.0. The molecule has 0 bridgehead atoms. The lowest BCUT2D eigenvalue weighted by molar-refractivity contribution is -0.150. The SMILES string of the molecule is CCCCc1nc(C(=N)C(=O)N[C@@H]2C(=O)N3C(C(=O)O)=C(CSc4nc(=O)c(=O)[nH]n4C)CSC23)cs1. The van der Waals surface area contributed by atoms with E-state index in [1.807, 2.05) is 0 Å². The number of aryl methyl sites for hydroxylation is 2. The molecule has 196 valence electrons. The van der Waals surface area contributed by atoms with Gasteiger partial charge in [0.05, 0.1) is 5.01 Å². The molecule has 4 rings (SSSR count). The highest BCUT2D eigenvalue weighted by Gasteiger charge is 2.54. The van der Waals surface area contributed by atoms with Crippen molar-refractivity contribution >= 4 is 58.4 Å². The highest BCUT2D eigenvalue weighted by Crippen LogP contribution is 2.41. The topological polar surface area (TPSA) is 191 Å². The number of unbranched alkanes of at least 4 members (excludes halogenated alkanes) is 1. The van der Waals surface area contributed by atoms with Crippen molar-refractivity contribution < 1.29 is 19.5 Å². The van der Waals surface area contributed by atoms with Gasteiger partial charge in [0.2, 0.25) is 0 Å². The van der Waals surface area contributed by atoms with Gasteiger partial charge in [-0.15, -0.1) is 23.1 Å². The predicted molar refractivity (Wildman–Crippen MR) is 138 cm³/mol. The van der Waals surface area contributed by atoms with E-state index in [0.29, 0.717) is 5.57 Å². The molecule has 2 amide bonds. The number of hydrogen-bond acceptors (Lipinski definition) is 11. The number of amides is 2. The second-order valence-corrected chi connectivity index (χ2v) is 11.2. The van der Waals surface area contributed by atoms with E-state index in [4.69, 9.17) is 5.41 Å². The summed E-state index contributed by atoms with van der Waals surface area (Å²) in [6.07, 6.45) is 2.73. The van der Waals surface area contributed by atoms with Gasteiger partial charge >= 0.3 is 17.1 Å². The smallest absolute Gasteiger partial charge is 0.352 e. The minimum atomic E-state index is -1.29. The number of H-pyrrole nitrogens is 1. The van der Waals surface area contributed by atoms with E-state index in [2.05, 4.69) is 27.3 Å². The first kappa shape index (κ1) is 26.8. The largest absolute Gasteiger partial charge is 0.477 e. The van der Waals surface area contributed by atoms with Gasteiger partial charge in [0.1, 0.15) is 28.5 Å². The Morgan fingerprint density at radius 1 is 1.32 bits per heavy atom. The van der Waals surface area contributed by atoms with Crippen LogP contribution in [0, 0.1) is 5.41 Å². The van der Waals surface area contributed by atoms with Crippen LogP contribution in [-0.2, 0) is 27.9 Å². The quantitative estimate of drug-likeness (QED) is 0.134. The van der Waals surface area contributed by atoms with Crippen LogP contribution in [0.25, 0.3) is 0 Å². The molecule has 37 heavy (non-hydrogen) atoms. The van der Waals surface area contributed by atoms with Crippen LogP contribution in [0.5, 0.6) is 0 Å². The van der Waals surface area contributed by atoms with Crippen LogP contribution < -0.4 is 16.4 Å². The zero-order valence-electron chi connectivity index (χ0n) is 19.8. The van der Waals surface area contributed by atoms with Crippen LogP contribution in [0.4, 0.5) is 0 Å². The summed E-state index contributed by atoms with van der Waals surface area (Å²) in [6, 6.07) is -0.971. The van der Waals surface area contributed by atoms with E-state index >= 15 is 0 Å². The van der Waals surface area contributed by atoms with E-state index in [-0.39, 0.29) is 33.8 Å². The minimum Gasteiger partial charge on any atom is -0.477 e. The molecule has 0 aromatic carbocycles. The van der Waals surface area contributed by atoms with E-state index in [9.17, 15) is 29.1 Å². The summed E-state index contributed by atoms with van der Waals surface area (Å²) in [7, 11) is 1.50. The van der Waals surface area contributed by atoms with E-state index in [1.54, 1.807) is 5.38 Å². The zero-order chi connectivity index (χ0) is 26.9. The first-order chi connectivity index (χ1) is 17.6. The lowest BCUT2D eigenvalue weighted by Crippen LogP contribution is -2.71. The Bertz CT molecular complexity index is 1430. The number of fused-ring (bicyclic) bond motifs is 1. The molecule has 0 spiro atoms. The number of carbonyl (C=O) groups excluding carboxylic acids is 2. The number of thioether (sulfide) groups is 2. The molecule has 0 saturated carbocycles. The van der Waals surface area contributed by atoms with Crippen molar-refractivity contribution in [1.29, 1.82) is 5.41 Å². The van der Waals surface area contributed by atoms with Gasteiger partial charge in [-0.25, -0.2) is 9.78 Å². The number of carbonyl (C=O) groups is 3. The Hall–Kier alpha value is -3.24. The third kappa shape index (κ3) is 5.40. The summed E-state index contributed by atoms with van der Waals surface area (Å²) in [5.74, 6) is -2.26. The van der Waals surface area contributed by atoms with Crippen LogP contribution in [-0.4, -0.2) is 76.2 Å². The molecule has 1 unspecified atom stereocenters. The van der Waals surface area contributed by atoms with Gasteiger partial charge in [0, 0.05) is 23.9 Å². The zero-order valence-corrected chi connectivity index (χ0v) is 22.2. The molecule has 0 aliphatic carbocycles. The monoisotopic (exact) mass is 565 g/mol. The molecule has 0 radical (unpaired) electrons. The lowest BCUT2D eigenvalue weighted by atomic mass is 10.0. The van der Waals surface area contributed by atoms with Crippen molar-refractivity contribution in [3.05, 3.63) is 48.1 Å². The highest BCUT2D eigenvalue weighted by atomic mass is 32.2. The Labute approximate surface area is 222 Å². The van der Waals surface area contributed by atoms with E-state index < -0.39 is 40.3 Å². The van der Waals surface area contributed by atoms with Gasteiger partial charge in [0.15, 0.2) is 5.16 Å². The highest BCUT2D eigenvalue weighted by molar-refractivity contribution is 8.01. The fourth-order valence-corrected chi connectivity index (χ4v) is 6.97. The molecule has 13 nitrogen and oxygen atoms in total. The maximum Gasteiger partial charge on any atom is 0.352 e. The van der Waals surface area contributed by atoms with Gasteiger partial charge in [-0.05, 0) is 18.4 Å². The first-order valence-corrected chi connectivity index (χ1v) is 14.1. The van der Waals surface area contributed by atoms with Crippen LogP contribution in [0.3, 0.4) is 0 Å². The van der Waals surface area contributed by atoms with Gasteiger partial charge in [0.25, 0.3) is 11.8 Å². The Kier molecular flexibility index (Phi) is 7.99. The number of carboxylic acids is 1. The molecule has 2 aromatic heterocycles. The third-order valence-corrected chi connectivity index (χ3v) is 9.00. The number of aliphatic carboxylic acids is 1. The number of carboxylic acid groups (broad SMARTS) is 1. The van der Waals surface area contributed by atoms with Gasteiger partial charge in [-0.1, -0.05) is 25.1 Å². The average Bonchev–Trinajstić information content (AvgIpc) is 3.34. The Balaban J connectivity index is 1.44. The summed E-state index contributed by atoms with van der Waals surface area (Å²) in [4.78, 5) is 69.7. The maximum absolute atomic E-state index is 12.9. The van der Waals surface area contributed by atoms with Crippen molar-refractivity contribution in [3.8, 4) is 0 Å². The predicted octanol–water partition coefficient (Wildman–Crippen LogP) is 0.166. The molecule has 16 heteroatoms. The number of nitrogens with one attached hydrogen (secondary N) is 3.